The lowest BCUT2D eigenvalue weighted by molar-refractivity contribution is 0.0269. The Morgan fingerprint density at radius 3 is 2.50 bits per heavy atom. The smallest absolute Gasteiger partial charge is 0.255 e. The summed E-state index contributed by atoms with van der Waals surface area (Å²) >= 11 is 1.91. The number of aromatic nitrogens is 3. The maximum Gasteiger partial charge on any atom is 0.255 e. The largest absolute Gasteiger partial charge is 0.481 e. The van der Waals surface area contributed by atoms with E-state index in [1.807, 2.05) is 23.2 Å². The number of aryl methyl sites for hydroxylation is 3. The summed E-state index contributed by atoms with van der Waals surface area (Å²) < 4.78 is 7.74. The predicted molar refractivity (Wildman–Crippen MR) is 159 cm³/mol. The van der Waals surface area contributed by atoms with Crippen molar-refractivity contribution in [3.63, 3.8) is 0 Å². The van der Waals surface area contributed by atoms with Crippen LogP contribution in [-0.2, 0) is 13.0 Å². The van der Waals surface area contributed by atoms with Crippen LogP contribution in [0.2, 0.25) is 0 Å². The molecule has 3 aromatic heterocycles. The minimum atomic E-state index is 0.166. The van der Waals surface area contributed by atoms with Gasteiger partial charge in [-0.05, 0) is 88.5 Å². The van der Waals surface area contributed by atoms with Gasteiger partial charge in [0.05, 0.1) is 31.0 Å². The highest BCUT2D eigenvalue weighted by Gasteiger charge is 2.38. The number of likely N-dealkylation sites (tertiary alicyclic amines) is 1. The van der Waals surface area contributed by atoms with Gasteiger partial charge < -0.3 is 9.64 Å². The Hall–Kier alpha value is -2.71. The third kappa shape index (κ3) is 4.98. The first-order valence-corrected chi connectivity index (χ1v) is 15.7. The van der Waals surface area contributed by atoms with Crippen LogP contribution in [-0.4, -0.2) is 63.3 Å². The second-order valence-electron chi connectivity index (χ2n) is 12.3. The molecule has 5 heterocycles. The van der Waals surface area contributed by atoms with E-state index >= 15 is 0 Å². The number of ether oxygens (including phenoxy) is 1. The lowest BCUT2D eigenvalue weighted by Gasteiger charge is -2.47. The molecule has 1 atom stereocenters. The molecule has 7 nitrogen and oxygen atoms in total. The lowest BCUT2D eigenvalue weighted by Crippen LogP contribution is -2.53. The number of rotatable bonds is 7. The quantitative estimate of drug-likeness (QED) is 0.354. The topological polar surface area (TPSA) is 63.5 Å². The molecule has 214 valence electrons. The van der Waals surface area contributed by atoms with Gasteiger partial charge in [-0.3, -0.25) is 14.4 Å². The zero-order valence-electron chi connectivity index (χ0n) is 24.9. The van der Waals surface area contributed by atoms with Gasteiger partial charge in [0.25, 0.3) is 5.91 Å². The summed E-state index contributed by atoms with van der Waals surface area (Å²) in [6, 6.07) is 5.42. The molecule has 0 spiro atoms. The lowest BCUT2D eigenvalue weighted by atomic mass is 9.76. The van der Waals surface area contributed by atoms with Crippen molar-refractivity contribution in [1.82, 2.24) is 24.6 Å². The van der Waals surface area contributed by atoms with Crippen molar-refractivity contribution in [2.75, 3.05) is 26.7 Å². The fraction of sp³-hybridized carbons (Fsp3) is 0.594. The normalized spacial score (nSPS) is 22.8. The van der Waals surface area contributed by atoms with Crippen molar-refractivity contribution >= 4 is 17.2 Å². The van der Waals surface area contributed by atoms with Crippen molar-refractivity contribution in [3.05, 3.63) is 61.7 Å². The van der Waals surface area contributed by atoms with Crippen LogP contribution in [0.1, 0.15) is 92.8 Å². The minimum absolute atomic E-state index is 0.166. The summed E-state index contributed by atoms with van der Waals surface area (Å²) in [5, 5.41) is 4.62. The highest BCUT2D eigenvalue weighted by atomic mass is 32.1. The molecule has 1 aliphatic carbocycles. The summed E-state index contributed by atoms with van der Waals surface area (Å²) in [5.41, 5.74) is 6.35. The van der Waals surface area contributed by atoms with E-state index in [0.29, 0.717) is 36.3 Å². The van der Waals surface area contributed by atoms with Gasteiger partial charge >= 0.3 is 0 Å². The molecule has 0 N–H and O–H groups in total. The van der Waals surface area contributed by atoms with E-state index in [2.05, 4.69) is 65.7 Å². The average Bonchev–Trinajstić information content (AvgIpc) is 3.49. The molecule has 0 radical (unpaired) electrons. The number of hydrogen-bond donors (Lipinski definition) is 0. The molecular formula is C32H43N5O2S. The van der Waals surface area contributed by atoms with Gasteiger partial charge in [-0.15, -0.1) is 11.3 Å². The number of thiophene rings is 1. The van der Waals surface area contributed by atoms with Crippen LogP contribution in [0.4, 0.5) is 0 Å². The fourth-order valence-electron chi connectivity index (χ4n) is 7.28. The Kier molecular flexibility index (Phi) is 7.51. The third-order valence-corrected chi connectivity index (χ3v) is 11.3. The number of hydrogen-bond acceptors (Lipinski definition) is 6. The van der Waals surface area contributed by atoms with Crippen LogP contribution in [0.15, 0.2) is 18.3 Å². The molecule has 6 rings (SSSR count). The maximum absolute atomic E-state index is 13.8. The zero-order chi connectivity index (χ0) is 28.1. The van der Waals surface area contributed by atoms with E-state index in [0.717, 1.165) is 54.1 Å². The van der Waals surface area contributed by atoms with Gasteiger partial charge in [0.1, 0.15) is 0 Å². The fourth-order valence-corrected chi connectivity index (χ4v) is 8.72. The van der Waals surface area contributed by atoms with Gasteiger partial charge in [0, 0.05) is 59.3 Å². The summed E-state index contributed by atoms with van der Waals surface area (Å²) in [5.74, 6) is 1.99. The second kappa shape index (κ2) is 10.9. The highest BCUT2D eigenvalue weighted by Crippen LogP contribution is 2.44. The van der Waals surface area contributed by atoms with Crippen molar-refractivity contribution in [3.8, 4) is 5.88 Å². The molecule has 8 heteroatoms. The molecule has 2 fully saturated rings. The first-order chi connectivity index (χ1) is 19.2. The first-order valence-electron chi connectivity index (χ1n) is 14.9. The van der Waals surface area contributed by atoms with Gasteiger partial charge in [0.2, 0.25) is 5.88 Å². The third-order valence-electron chi connectivity index (χ3n) is 9.73. The molecular weight excluding hydrogens is 518 g/mol. The van der Waals surface area contributed by atoms with E-state index in [1.54, 1.807) is 7.11 Å². The van der Waals surface area contributed by atoms with Gasteiger partial charge in [0.15, 0.2) is 0 Å². The molecule has 0 bridgehead atoms. The summed E-state index contributed by atoms with van der Waals surface area (Å²) in [4.78, 5) is 25.7. The van der Waals surface area contributed by atoms with Crippen LogP contribution < -0.4 is 4.74 Å². The average molecular weight is 562 g/mol. The number of amides is 1. The molecule has 1 saturated heterocycles. The van der Waals surface area contributed by atoms with E-state index in [9.17, 15) is 4.79 Å². The van der Waals surface area contributed by atoms with Crippen molar-refractivity contribution in [1.29, 1.82) is 0 Å². The molecule has 2 aliphatic heterocycles. The van der Waals surface area contributed by atoms with Crippen LogP contribution >= 0.6 is 11.3 Å². The van der Waals surface area contributed by atoms with Gasteiger partial charge in [-0.2, -0.15) is 5.10 Å². The maximum atomic E-state index is 13.8. The Bertz CT molecular complexity index is 1400. The Morgan fingerprint density at radius 2 is 1.82 bits per heavy atom. The number of carbonyl (C=O) groups is 1. The summed E-state index contributed by atoms with van der Waals surface area (Å²) in [6.07, 6.45) is 8.16. The Morgan fingerprint density at radius 1 is 1.07 bits per heavy atom. The van der Waals surface area contributed by atoms with Crippen LogP contribution in [0.5, 0.6) is 5.88 Å². The predicted octanol–water partition coefficient (Wildman–Crippen LogP) is 6.00. The van der Waals surface area contributed by atoms with Gasteiger partial charge in [-0.25, -0.2) is 4.98 Å². The van der Waals surface area contributed by atoms with E-state index in [4.69, 9.17) is 4.74 Å². The van der Waals surface area contributed by atoms with Crippen LogP contribution in [0.25, 0.3) is 0 Å². The van der Waals surface area contributed by atoms with E-state index in [-0.39, 0.29) is 5.91 Å². The Labute approximate surface area is 242 Å². The first kappa shape index (κ1) is 27.5. The molecule has 1 amide bonds. The van der Waals surface area contributed by atoms with Crippen molar-refractivity contribution in [2.24, 2.45) is 5.92 Å². The monoisotopic (exact) mass is 561 g/mol. The van der Waals surface area contributed by atoms with Gasteiger partial charge in [-0.1, -0.05) is 6.92 Å². The van der Waals surface area contributed by atoms with Crippen LogP contribution in [0, 0.1) is 33.6 Å². The number of pyridine rings is 1. The van der Waals surface area contributed by atoms with Crippen molar-refractivity contribution in [2.45, 2.75) is 91.3 Å². The molecule has 0 aromatic carbocycles. The Balaban J connectivity index is 1.09. The standard InChI is InChI=1S/C32H43N5O2S/c1-19-15-21(3)33-31(39-6)27(19)18-35-13-12-28-29(32(35)38)23(5)30(40-28)22(4)24-7-9-25(10-8-24)36-16-26(17-36)37-14-11-20(2)34-37/h11,14-15,22,24-26H,7-10,12-13,16-18H2,1-6H3/t22-,24-,25-/m1/s1. The van der Waals surface area contributed by atoms with E-state index in [1.165, 1.54) is 41.0 Å². The molecule has 1 saturated carbocycles. The number of nitrogens with zero attached hydrogens (tertiary/aromatic N) is 5. The molecule has 0 unspecified atom stereocenters. The SMILES string of the molecule is COc1nc(C)cc(C)c1CN1CCc2sc([C@H](C)[C@H]3CC[C@H](N4CC(n5ccc(C)n5)C4)CC3)c(C)c2C1=O. The zero-order valence-corrected chi connectivity index (χ0v) is 25.7. The minimum Gasteiger partial charge on any atom is -0.481 e. The molecule has 3 aliphatic rings. The summed E-state index contributed by atoms with van der Waals surface area (Å²) in [7, 11) is 1.66. The van der Waals surface area contributed by atoms with Crippen LogP contribution in [0.3, 0.4) is 0 Å². The molecule has 3 aromatic rings. The number of carbonyl (C=O) groups excluding carboxylic acids is 1. The van der Waals surface area contributed by atoms with E-state index < -0.39 is 0 Å². The number of fused-ring (bicyclic) bond motifs is 1. The molecule has 40 heavy (non-hydrogen) atoms. The highest BCUT2D eigenvalue weighted by molar-refractivity contribution is 7.12. The second-order valence-corrected chi connectivity index (χ2v) is 13.5. The number of methoxy groups -OCH3 is 1. The summed E-state index contributed by atoms with van der Waals surface area (Å²) in [6.45, 7) is 14.3. The van der Waals surface area contributed by atoms with Crippen molar-refractivity contribution < 1.29 is 9.53 Å².